The molecule has 5 heteroatoms. The number of rotatable bonds is 7. The van der Waals surface area contributed by atoms with Crippen LogP contribution in [0.2, 0.25) is 0 Å². The Bertz CT molecular complexity index is 717. The lowest BCUT2D eigenvalue weighted by molar-refractivity contribution is 0.197. The molecule has 0 spiro atoms. The van der Waals surface area contributed by atoms with Gasteiger partial charge in [-0.2, -0.15) is 0 Å². The van der Waals surface area contributed by atoms with Gasteiger partial charge in [0.05, 0.1) is 19.3 Å². The van der Waals surface area contributed by atoms with Crippen LogP contribution in [0, 0.1) is 0 Å². The molecule has 3 rings (SSSR count). The van der Waals surface area contributed by atoms with Crippen LogP contribution in [-0.2, 0) is 0 Å². The summed E-state index contributed by atoms with van der Waals surface area (Å²) in [7, 11) is 0. The highest BCUT2D eigenvalue weighted by molar-refractivity contribution is 9.10. The molecule has 1 heterocycles. The van der Waals surface area contributed by atoms with Gasteiger partial charge in [-0.25, -0.2) is 0 Å². The van der Waals surface area contributed by atoms with Crippen molar-refractivity contribution >= 4 is 15.9 Å². The van der Waals surface area contributed by atoms with Gasteiger partial charge in [-0.05, 0) is 49.2 Å². The molecule has 1 aliphatic rings. The first-order valence-corrected chi connectivity index (χ1v) is 10.1. The topological polar surface area (TPSA) is 33.7 Å². The number of hydrogen-bond donors (Lipinski definition) is 1. The van der Waals surface area contributed by atoms with Crippen LogP contribution in [-0.4, -0.2) is 44.3 Å². The van der Waals surface area contributed by atoms with Crippen molar-refractivity contribution in [2.75, 3.05) is 39.4 Å². The summed E-state index contributed by atoms with van der Waals surface area (Å²) in [5.41, 5.74) is 2.52. The summed E-state index contributed by atoms with van der Waals surface area (Å²) in [4.78, 5) is 2.53. The first kappa shape index (κ1) is 19.2. The highest BCUT2D eigenvalue weighted by atomic mass is 79.9. The van der Waals surface area contributed by atoms with Gasteiger partial charge in [-0.15, -0.1) is 0 Å². The zero-order valence-corrected chi connectivity index (χ0v) is 17.1. The van der Waals surface area contributed by atoms with Gasteiger partial charge in [0, 0.05) is 30.7 Å². The summed E-state index contributed by atoms with van der Waals surface area (Å²) in [6.45, 7) is 9.33. The minimum atomic E-state index is 0.199. The van der Waals surface area contributed by atoms with E-state index in [1.807, 2.05) is 19.9 Å². The van der Waals surface area contributed by atoms with Gasteiger partial charge in [-0.3, -0.25) is 4.90 Å². The summed E-state index contributed by atoms with van der Waals surface area (Å²) in [5, 5.41) is 3.45. The maximum absolute atomic E-state index is 5.86. The number of nitrogens with one attached hydrogen (secondary N) is 1. The van der Waals surface area contributed by atoms with E-state index < -0.39 is 0 Å². The summed E-state index contributed by atoms with van der Waals surface area (Å²) in [6, 6.07) is 15.1. The van der Waals surface area contributed by atoms with Crippen molar-refractivity contribution in [2.24, 2.45) is 0 Å². The Morgan fingerprint density at radius 2 is 1.65 bits per heavy atom. The van der Waals surface area contributed by atoms with Crippen molar-refractivity contribution in [3.05, 3.63) is 58.1 Å². The number of halogens is 1. The molecule has 1 atom stereocenters. The third-order valence-corrected chi connectivity index (χ3v) is 5.06. The van der Waals surface area contributed by atoms with Crippen LogP contribution in [0.1, 0.15) is 31.0 Å². The monoisotopic (exact) mass is 418 g/mol. The normalized spacial score (nSPS) is 16.3. The summed E-state index contributed by atoms with van der Waals surface area (Å²) in [6.07, 6.45) is 0. The lowest BCUT2D eigenvalue weighted by Crippen LogP contribution is -2.45. The van der Waals surface area contributed by atoms with E-state index in [9.17, 15) is 0 Å². The Labute approximate surface area is 164 Å². The second-order valence-electron chi connectivity index (χ2n) is 6.32. The Kier molecular flexibility index (Phi) is 6.94. The van der Waals surface area contributed by atoms with E-state index in [1.54, 1.807) is 0 Å². The quantitative estimate of drug-likeness (QED) is 0.728. The second kappa shape index (κ2) is 9.40. The smallest absolute Gasteiger partial charge is 0.161 e. The van der Waals surface area contributed by atoms with Crippen molar-refractivity contribution < 1.29 is 9.47 Å². The molecule has 4 nitrogen and oxygen atoms in total. The predicted octanol–water partition coefficient (Wildman–Crippen LogP) is 4.24. The third kappa shape index (κ3) is 4.58. The number of nitrogens with zero attached hydrogens (tertiary/aromatic N) is 1. The fourth-order valence-electron chi connectivity index (χ4n) is 3.47. The summed E-state index contributed by atoms with van der Waals surface area (Å²) >= 11 is 3.62. The summed E-state index contributed by atoms with van der Waals surface area (Å²) < 4.78 is 12.7. The van der Waals surface area contributed by atoms with Gasteiger partial charge >= 0.3 is 0 Å². The lowest BCUT2D eigenvalue weighted by atomic mass is 9.96. The SMILES string of the molecule is CCOc1ccc(C(c2cccc(Br)c2)N2CCNCC2)cc1OCC. The molecule has 0 saturated carbocycles. The van der Waals surface area contributed by atoms with Crippen molar-refractivity contribution in [1.29, 1.82) is 0 Å². The van der Waals surface area contributed by atoms with Gasteiger partial charge in [0.15, 0.2) is 11.5 Å². The van der Waals surface area contributed by atoms with Crippen LogP contribution in [0.25, 0.3) is 0 Å². The standard InChI is InChI=1S/C21H27BrN2O2/c1-3-25-19-9-8-17(15-20(19)26-4-2)21(24-12-10-23-11-13-24)16-6-5-7-18(22)14-16/h5-9,14-15,21,23H,3-4,10-13H2,1-2H3. The molecule has 26 heavy (non-hydrogen) atoms. The van der Waals surface area contributed by atoms with Crippen LogP contribution >= 0.6 is 15.9 Å². The lowest BCUT2D eigenvalue weighted by Gasteiger charge is -2.36. The van der Waals surface area contributed by atoms with E-state index in [1.165, 1.54) is 11.1 Å². The van der Waals surface area contributed by atoms with Crippen molar-refractivity contribution in [1.82, 2.24) is 10.2 Å². The average Bonchev–Trinajstić information content (AvgIpc) is 2.65. The van der Waals surface area contributed by atoms with Crippen LogP contribution in [0.4, 0.5) is 0 Å². The zero-order valence-electron chi connectivity index (χ0n) is 15.5. The van der Waals surface area contributed by atoms with E-state index >= 15 is 0 Å². The molecule has 0 amide bonds. The molecule has 1 unspecified atom stereocenters. The second-order valence-corrected chi connectivity index (χ2v) is 7.23. The molecule has 1 fully saturated rings. The van der Waals surface area contributed by atoms with E-state index in [4.69, 9.17) is 9.47 Å². The van der Waals surface area contributed by atoms with Gasteiger partial charge in [0.25, 0.3) is 0 Å². The third-order valence-electron chi connectivity index (χ3n) is 4.56. The average molecular weight is 419 g/mol. The van der Waals surface area contributed by atoms with E-state index in [-0.39, 0.29) is 6.04 Å². The van der Waals surface area contributed by atoms with Gasteiger partial charge in [0.2, 0.25) is 0 Å². The molecule has 1 saturated heterocycles. The molecular weight excluding hydrogens is 392 g/mol. The van der Waals surface area contributed by atoms with Gasteiger partial charge < -0.3 is 14.8 Å². The molecule has 1 aliphatic heterocycles. The van der Waals surface area contributed by atoms with E-state index in [0.717, 1.165) is 42.2 Å². The fraction of sp³-hybridized carbons (Fsp3) is 0.429. The van der Waals surface area contributed by atoms with Crippen LogP contribution in [0.5, 0.6) is 11.5 Å². The molecule has 140 valence electrons. The van der Waals surface area contributed by atoms with Crippen molar-refractivity contribution in [3.8, 4) is 11.5 Å². The van der Waals surface area contributed by atoms with E-state index in [0.29, 0.717) is 13.2 Å². The first-order valence-electron chi connectivity index (χ1n) is 9.32. The van der Waals surface area contributed by atoms with Crippen molar-refractivity contribution in [3.63, 3.8) is 0 Å². The largest absolute Gasteiger partial charge is 0.490 e. The highest BCUT2D eigenvalue weighted by Crippen LogP contribution is 2.36. The Morgan fingerprint density at radius 3 is 2.35 bits per heavy atom. The maximum Gasteiger partial charge on any atom is 0.161 e. The molecular formula is C21H27BrN2O2. The Morgan fingerprint density at radius 1 is 0.962 bits per heavy atom. The van der Waals surface area contributed by atoms with E-state index in [2.05, 4.69) is 62.5 Å². The Balaban J connectivity index is 2.01. The molecule has 0 bridgehead atoms. The molecule has 0 aromatic heterocycles. The Hall–Kier alpha value is -1.56. The highest BCUT2D eigenvalue weighted by Gasteiger charge is 2.25. The molecule has 0 aliphatic carbocycles. The minimum absolute atomic E-state index is 0.199. The minimum Gasteiger partial charge on any atom is -0.490 e. The number of benzene rings is 2. The van der Waals surface area contributed by atoms with Gasteiger partial charge in [-0.1, -0.05) is 34.1 Å². The predicted molar refractivity (Wildman–Crippen MR) is 109 cm³/mol. The number of hydrogen-bond acceptors (Lipinski definition) is 4. The molecule has 0 radical (unpaired) electrons. The first-order chi connectivity index (χ1) is 12.7. The van der Waals surface area contributed by atoms with Gasteiger partial charge in [0.1, 0.15) is 0 Å². The number of ether oxygens (including phenoxy) is 2. The maximum atomic E-state index is 5.86. The summed E-state index contributed by atoms with van der Waals surface area (Å²) in [5.74, 6) is 1.63. The zero-order chi connectivity index (χ0) is 18.4. The van der Waals surface area contributed by atoms with Crippen molar-refractivity contribution in [2.45, 2.75) is 19.9 Å². The molecule has 1 N–H and O–H groups in total. The van der Waals surface area contributed by atoms with Crippen LogP contribution in [0.15, 0.2) is 46.9 Å². The van der Waals surface area contributed by atoms with Crippen LogP contribution in [0.3, 0.4) is 0 Å². The fourth-order valence-corrected chi connectivity index (χ4v) is 3.89. The molecule has 2 aromatic carbocycles. The number of piperazine rings is 1. The van der Waals surface area contributed by atoms with Crippen LogP contribution < -0.4 is 14.8 Å². The molecule has 2 aromatic rings.